The fourth-order valence-electron chi connectivity index (χ4n) is 9.11. The molecule has 0 N–H and O–H groups in total. The van der Waals surface area contributed by atoms with Crippen molar-refractivity contribution in [1.82, 2.24) is 0 Å². The Balaban J connectivity index is 2.77. The van der Waals surface area contributed by atoms with E-state index in [1.807, 2.05) is 10.4 Å². The van der Waals surface area contributed by atoms with Crippen molar-refractivity contribution in [3.05, 3.63) is 72.8 Å². The highest BCUT2D eigenvalue weighted by atomic mass is 29.7. The van der Waals surface area contributed by atoms with Gasteiger partial charge in [0.05, 0.1) is 15.4 Å². The molecule has 0 aliphatic carbocycles. The summed E-state index contributed by atoms with van der Waals surface area (Å²) in [6.07, 6.45) is 6.05. The molecular formula is C28H52Si8. The first kappa shape index (κ1) is 30.5. The number of benzene rings is 2. The van der Waals surface area contributed by atoms with Crippen molar-refractivity contribution < 1.29 is 0 Å². The van der Waals surface area contributed by atoms with Crippen LogP contribution in [-0.2, 0) is 0 Å². The minimum Gasteiger partial charge on any atom is -0.0907 e. The van der Waals surface area contributed by atoms with Gasteiger partial charge in [-0.1, -0.05) is 171 Å². The first-order chi connectivity index (χ1) is 16.4. The standard InChI is InChI=1S/C28H52Si8/c1-32(2,3)27(33(4,5)6)23-24-28(34(7,8)9,35(10,11)12)36(30-29,26-21-17-14-18-22-26)31(27)25-19-15-13-16-20-25/h13-24,30-31H,29H2,1-12H3. The molecule has 0 saturated carbocycles. The maximum Gasteiger partial charge on any atom is 0.0882 e. The number of hydrogen-bond acceptors (Lipinski definition) is 0. The molecule has 0 saturated heterocycles. The number of allylic oxidation sites excluding steroid dienone is 2. The van der Waals surface area contributed by atoms with Crippen LogP contribution in [-0.4, -0.2) is 65.2 Å². The molecule has 2 unspecified atom stereocenters. The fraction of sp³-hybridized carbons (Fsp3) is 0.500. The van der Waals surface area contributed by atoms with E-state index in [2.05, 4.69) is 161 Å². The molecule has 1 heterocycles. The second-order valence-corrected chi connectivity index (χ2v) is 59.7. The largest absolute Gasteiger partial charge is 0.0907 e. The number of rotatable bonds is 7. The molecule has 3 rings (SSSR count). The lowest BCUT2D eigenvalue weighted by Gasteiger charge is -2.70. The second kappa shape index (κ2) is 9.83. The van der Waals surface area contributed by atoms with Crippen LogP contribution in [0, 0.1) is 0 Å². The van der Waals surface area contributed by atoms with E-state index in [-0.39, 0.29) is 0 Å². The topological polar surface area (TPSA) is 0 Å². The highest BCUT2D eigenvalue weighted by Crippen LogP contribution is 2.64. The SMILES string of the molecule is C[Si](C)(C)C1([Si](C)(C)C)C=CC([Si](C)(C)C)([Si](C)(C)C)[Si]([SiH]=[SiH2])(c2ccccc2)[SiH]1c1ccccc1. The zero-order chi connectivity index (χ0) is 27.4. The quantitative estimate of drug-likeness (QED) is 0.282. The Morgan fingerprint density at radius 3 is 1.39 bits per heavy atom. The van der Waals surface area contributed by atoms with E-state index >= 15 is 0 Å². The maximum absolute atomic E-state index is 3.04. The van der Waals surface area contributed by atoms with Crippen molar-refractivity contribution in [2.24, 2.45) is 0 Å². The Morgan fingerprint density at radius 1 is 0.611 bits per heavy atom. The monoisotopic (exact) mass is 612 g/mol. The van der Waals surface area contributed by atoms with Crippen LogP contribution >= 0.6 is 0 Å². The normalized spacial score (nSPS) is 24.4. The summed E-state index contributed by atoms with van der Waals surface area (Å²) in [6, 6.07) is 24.5. The van der Waals surface area contributed by atoms with Gasteiger partial charge >= 0.3 is 0 Å². The molecule has 196 valence electrons. The molecule has 0 nitrogen and oxygen atoms in total. The van der Waals surface area contributed by atoms with Gasteiger partial charge in [0.1, 0.15) is 0 Å². The Morgan fingerprint density at radius 2 is 1.03 bits per heavy atom. The van der Waals surface area contributed by atoms with Crippen molar-refractivity contribution in [2.45, 2.75) is 87.1 Å². The third kappa shape index (κ3) is 4.26. The Labute approximate surface area is 234 Å². The van der Waals surface area contributed by atoms with Gasteiger partial charge in [0.25, 0.3) is 0 Å². The molecule has 0 spiro atoms. The van der Waals surface area contributed by atoms with Crippen LogP contribution in [0.25, 0.3) is 0 Å². The molecular weight excluding hydrogens is 561 g/mol. The van der Waals surface area contributed by atoms with E-state index in [0.717, 1.165) is 0 Å². The van der Waals surface area contributed by atoms with Crippen molar-refractivity contribution in [3.8, 4) is 0 Å². The van der Waals surface area contributed by atoms with Crippen LogP contribution in [0.15, 0.2) is 72.8 Å². The van der Waals surface area contributed by atoms with E-state index in [0.29, 0.717) is 16.7 Å². The van der Waals surface area contributed by atoms with Crippen LogP contribution in [0.4, 0.5) is 0 Å². The van der Waals surface area contributed by atoms with Crippen LogP contribution in [0.5, 0.6) is 0 Å². The minimum atomic E-state index is -1.97. The lowest BCUT2D eigenvalue weighted by atomic mass is 10.4. The Bertz CT molecular complexity index is 1070. The van der Waals surface area contributed by atoms with Gasteiger partial charge in [-0.25, -0.2) is 0 Å². The summed E-state index contributed by atoms with van der Waals surface area (Å²) in [5.74, 6) is 0. The molecule has 1 aliphatic heterocycles. The van der Waals surface area contributed by atoms with E-state index in [1.54, 1.807) is 0 Å². The molecule has 8 heteroatoms. The van der Waals surface area contributed by atoms with E-state index in [9.17, 15) is 0 Å². The predicted octanol–water partition coefficient (Wildman–Crippen LogP) is 5.60. The van der Waals surface area contributed by atoms with E-state index in [4.69, 9.17) is 0 Å². The molecule has 2 aromatic rings. The minimum absolute atomic E-state index is 0.395. The Hall–Kier alpha value is -0.0849. The van der Waals surface area contributed by atoms with Gasteiger partial charge in [0.15, 0.2) is 0 Å². The van der Waals surface area contributed by atoms with Gasteiger partial charge in [0, 0.05) is 32.3 Å². The van der Waals surface area contributed by atoms with Gasteiger partial charge in [-0.3, -0.25) is 0 Å². The van der Waals surface area contributed by atoms with Gasteiger partial charge in [0.2, 0.25) is 0 Å². The third-order valence-electron chi connectivity index (χ3n) is 9.71. The van der Waals surface area contributed by atoms with Gasteiger partial charge in [-0.05, 0) is 16.7 Å². The maximum atomic E-state index is 3.04. The van der Waals surface area contributed by atoms with Crippen molar-refractivity contribution in [1.29, 1.82) is 0 Å². The summed E-state index contributed by atoms with van der Waals surface area (Å²) in [7, 11) is -7.01. The first-order valence-corrected chi connectivity index (χ1v) is 37.8. The van der Waals surface area contributed by atoms with Crippen LogP contribution in [0.3, 0.4) is 0 Å². The van der Waals surface area contributed by atoms with Gasteiger partial charge < -0.3 is 0 Å². The highest BCUT2D eigenvalue weighted by molar-refractivity contribution is 7.71. The van der Waals surface area contributed by atoms with Crippen LogP contribution in [0.1, 0.15) is 0 Å². The van der Waals surface area contributed by atoms with Crippen LogP contribution < -0.4 is 10.4 Å². The average Bonchev–Trinajstić information content (AvgIpc) is 2.75. The molecule has 0 bridgehead atoms. The lowest BCUT2D eigenvalue weighted by Crippen LogP contribution is -2.88. The summed E-state index contributed by atoms with van der Waals surface area (Å²) in [5.41, 5.74) is 0. The molecule has 1 aliphatic rings. The summed E-state index contributed by atoms with van der Waals surface area (Å²) >= 11 is 0. The van der Waals surface area contributed by atoms with Gasteiger partial charge in [-0.2, -0.15) is 0 Å². The van der Waals surface area contributed by atoms with Crippen molar-refractivity contribution in [3.63, 3.8) is 0 Å². The summed E-state index contributed by atoms with van der Waals surface area (Å²) < 4.78 is 0.945. The lowest BCUT2D eigenvalue weighted by molar-refractivity contribution is 1.08. The molecule has 2 atom stereocenters. The average molecular weight is 613 g/mol. The van der Waals surface area contributed by atoms with E-state index in [1.165, 1.54) is 0 Å². The first-order valence-electron chi connectivity index (χ1n) is 13.8. The number of hydrogen-bond donors (Lipinski definition) is 0. The van der Waals surface area contributed by atoms with Crippen molar-refractivity contribution in [2.75, 3.05) is 0 Å². The van der Waals surface area contributed by atoms with Crippen molar-refractivity contribution >= 4 is 75.6 Å². The summed E-state index contributed by atoms with van der Waals surface area (Å²) in [4.78, 5) is 0. The van der Waals surface area contributed by atoms with Gasteiger partial charge in [-0.15, -0.1) is 0 Å². The molecule has 0 radical (unpaired) electrons. The predicted molar refractivity (Wildman–Crippen MR) is 189 cm³/mol. The summed E-state index contributed by atoms with van der Waals surface area (Å²) in [6.45, 7) is 33.0. The fourth-order valence-corrected chi connectivity index (χ4v) is 121. The van der Waals surface area contributed by atoms with Crippen LogP contribution in [0.2, 0.25) is 87.1 Å². The third-order valence-corrected chi connectivity index (χ3v) is 81.6. The highest BCUT2D eigenvalue weighted by Gasteiger charge is 2.74. The van der Waals surface area contributed by atoms with E-state index < -0.39 is 47.7 Å². The second-order valence-electron chi connectivity index (χ2n) is 15.3. The molecule has 2 aromatic carbocycles. The molecule has 0 fully saturated rings. The smallest absolute Gasteiger partial charge is 0.0882 e. The zero-order valence-electron chi connectivity index (χ0n) is 25.3. The molecule has 0 amide bonds. The Kier molecular flexibility index (Phi) is 8.32. The zero-order valence-corrected chi connectivity index (χ0v) is 34.0. The molecule has 0 aromatic heterocycles. The molecule has 36 heavy (non-hydrogen) atoms. The summed E-state index contributed by atoms with van der Waals surface area (Å²) in [5, 5.41) is 3.65.